The third-order valence-electron chi connectivity index (χ3n) is 5.28. The van der Waals surface area contributed by atoms with Gasteiger partial charge in [-0.1, -0.05) is 29.8 Å². The van der Waals surface area contributed by atoms with Gasteiger partial charge in [0.25, 0.3) is 0 Å². The fraction of sp³-hybridized carbons (Fsp3) is 0.632. The summed E-state index contributed by atoms with van der Waals surface area (Å²) in [5.41, 5.74) is 2.44. The van der Waals surface area contributed by atoms with Crippen molar-refractivity contribution in [3.05, 3.63) is 35.4 Å². The third kappa shape index (κ3) is 4.50. The quantitative estimate of drug-likeness (QED) is 0.877. The zero-order valence-corrected chi connectivity index (χ0v) is 15.2. The molecular formula is C19H29ClN2O2. The average Bonchev–Trinajstić information content (AvgIpc) is 2.59. The van der Waals surface area contributed by atoms with Gasteiger partial charge >= 0.3 is 0 Å². The number of hydrogen-bond donors (Lipinski definition) is 2. The Hall–Kier alpha value is -1.10. The van der Waals surface area contributed by atoms with E-state index in [1.54, 1.807) is 0 Å². The number of carbonyl (C=O) groups excluding carboxylic acids is 1. The molecule has 0 bridgehead atoms. The Balaban J connectivity index is 0.00000208. The second kappa shape index (κ2) is 8.84. The molecule has 2 heterocycles. The van der Waals surface area contributed by atoms with Crippen LogP contribution in [0.2, 0.25) is 0 Å². The number of likely N-dealkylation sites (tertiary alicyclic amines) is 1. The molecule has 5 heteroatoms. The summed E-state index contributed by atoms with van der Waals surface area (Å²) in [4.78, 5) is 14.9. The summed E-state index contributed by atoms with van der Waals surface area (Å²) in [6, 6.07) is 8.36. The average molecular weight is 353 g/mol. The van der Waals surface area contributed by atoms with Gasteiger partial charge < -0.3 is 15.3 Å². The first-order chi connectivity index (χ1) is 11.1. The van der Waals surface area contributed by atoms with Crippen LogP contribution in [-0.2, 0) is 11.2 Å². The first-order valence-corrected chi connectivity index (χ1v) is 8.90. The van der Waals surface area contributed by atoms with Crippen LogP contribution >= 0.6 is 12.4 Å². The van der Waals surface area contributed by atoms with Crippen molar-refractivity contribution >= 4 is 18.3 Å². The maximum atomic E-state index is 12.9. The van der Waals surface area contributed by atoms with Gasteiger partial charge in [-0.05, 0) is 57.7 Å². The predicted octanol–water partition coefficient (Wildman–Crippen LogP) is 2.31. The fourth-order valence-electron chi connectivity index (χ4n) is 3.83. The van der Waals surface area contributed by atoms with Crippen molar-refractivity contribution in [3.63, 3.8) is 0 Å². The van der Waals surface area contributed by atoms with Gasteiger partial charge in [0.1, 0.15) is 0 Å². The number of aliphatic hydroxyl groups excluding tert-OH is 1. The number of benzene rings is 1. The number of aryl methyl sites for hydroxylation is 1. The Labute approximate surface area is 151 Å². The largest absolute Gasteiger partial charge is 0.391 e. The molecule has 0 saturated carbocycles. The number of halogens is 1. The standard InChI is InChI=1S/C19H28N2O2.ClH/c1-14-4-6-15(7-5-14)13-17-18(22)3-2-12-21(17)19(23)16-8-10-20-11-9-16;/h4-7,16-18,20,22H,2-3,8-13H2,1H3;1H/t17-,18-;/m0./s1. The van der Waals surface area contributed by atoms with Crippen molar-refractivity contribution in [3.8, 4) is 0 Å². The molecule has 0 unspecified atom stereocenters. The summed E-state index contributed by atoms with van der Waals surface area (Å²) in [5.74, 6) is 0.379. The minimum Gasteiger partial charge on any atom is -0.391 e. The molecule has 0 radical (unpaired) electrons. The number of carbonyl (C=O) groups is 1. The van der Waals surface area contributed by atoms with Crippen molar-refractivity contribution in [2.45, 2.75) is 51.2 Å². The van der Waals surface area contributed by atoms with Crippen molar-refractivity contribution in [2.75, 3.05) is 19.6 Å². The topological polar surface area (TPSA) is 52.6 Å². The van der Waals surface area contributed by atoms with E-state index >= 15 is 0 Å². The number of aliphatic hydroxyl groups is 1. The van der Waals surface area contributed by atoms with Crippen molar-refractivity contribution in [1.82, 2.24) is 10.2 Å². The van der Waals surface area contributed by atoms with Crippen LogP contribution in [-0.4, -0.2) is 47.7 Å². The van der Waals surface area contributed by atoms with E-state index in [4.69, 9.17) is 0 Å². The highest BCUT2D eigenvalue weighted by Gasteiger charge is 2.36. The van der Waals surface area contributed by atoms with Gasteiger partial charge in [-0.25, -0.2) is 0 Å². The Morgan fingerprint density at radius 1 is 1.21 bits per heavy atom. The summed E-state index contributed by atoms with van der Waals surface area (Å²) in [6.07, 6.45) is 3.88. The Morgan fingerprint density at radius 2 is 1.88 bits per heavy atom. The molecule has 2 N–H and O–H groups in total. The van der Waals surface area contributed by atoms with Gasteiger partial charge in [-0.2, -0.15) is 0 Å². The van der Waals surface area contributed by atoms with Crippen LogP contribution in [0.3, 0.4) is 0 Å². The zero-order valence-electron chi connectivity index (χ0n) is 14.4. The van der Waals surface area contributed by atoms with Gasteiger partial charge in [-0.3, -0.25) is 4.79 Å². The Bertz CT molecular complexity index is 529. The van der Waals surface area contributed by atoms with Crippen LogP contribution in [0.5, 0.6) is 0 Å². The van der Waals surface area contributed by atoms with E-state index in [1.165, 1.54) is 11.1 Å². The van der Waals surface area contributed by atoms with Crippen molar-refractivity contribution < 1.29 is 9.90 Å². The molecule has 2 atom stereocenters. The van der Waals surface area contributed by atoms with Crippen molar-refractivity contribution in [1.29, 1.82) is 0 Å². The van der Waals surface area contributed by atoms with Gasteiger partial charge in [0.2, 0.25) is 5.91 Å². The molecule has 24 heavy (non-hydrogen) atoms. The normalized spacial score (nSPS) is 25.2. The van der Waals surface area contributed by atoms with E-state index in [0.717, 1.165) is 51.7 Å². The molecule has 1 aromatic carbocycles. The number of nitrogens with one attached hydrogen (secondary N) is 1. The SMILES string of the molecule is Cc1ccc(C[C@H]2[C@@H](O)CCCN2C(=O)C2CCNCC2)cc1.Cl. The minimum absolute atomic E-state index is 0. The molecule has 2 aliphatic heterocycles. The summed E-state index contributed by atoms with van der Waals surface area (Å²) in [5, 5.41) is 13.8. The first-order valence-electron chi connectivity index (χ1n) is 8.90. The molecule has 3 rings (SSSR count). The van der Waals surface area contributed by atoms with Crippen LogP contribution in [0.25, 0.3) is 0 Å². The predicted molar refractivity (Wildman–Crippen MR) is 98.5 cm³/mol. The molecule has 4 nitrogen and oxygen atoms in total. The third-order valence-corrected chi connectivity index (χ3v) is 5.28. The van der Waals surface area contributed by atoms with E-state index in [-0.39, 0.29) is 30.3 Å². The fourth-order valence-corrected chi connectivity index (χ4v) is 3.83. The zero-order chi connectivity index (χ0) is 16.2. The van der Waals surface area contributed by atoms with Gasteiger partial charge in [0.05, 0.1) is 12.1 Å². The molecule has 2 fully saturated rings. The van der Waals surface area contributed by atoms with E-state index in [0.29, 0.717) is 0 Å². The highest BCUT2D eigenvalue weighted by Crippen LogP contribution is 2.25. The highest BCUT2D eigenvalue weighted by atomic mass is 35.5. The van der Waals surface area contributed by atoms with E-state index in [2.05, 4.69) is 36.5 Å². The van der Waals surface area contributed by atoms with E-state index in [1.807, 2.05) is 4.90 Å². The summed E-state index contributed by atoms with van der Waals surface area (Å²) >= 11 is 0. The lowest BCUT2D eigenvalue weighted by molar-refractivity contribution is -0.144. The molecule has 2 aliphatic rings. The number of hydrogen-bond acceptors (Lipinski definition) is 3. The molecule has 2 saturated heterocycles. The second-order valence-corrected chi connectivity index (χ2v) is 7.02. The molecule has 134 valence electrons. The molecular weight excluding hydrogens is 324 g/mol. The van der Waals surface area contributed by atoms with E-state index < -0.39 is 6.10 Å². The van der Waals surface area contributed by atoms with Gasteiger partial charge in [0, 0.05) is 12.5 Å². The second-order valence-electron chi connectivity index (χ2n) is 7.02. The maximum Gasteiger partial charge on any atom is 0.226 e. The lowest BCUT2D eigenvalue weighted by Crippen LogP contribution is -2.54. The number of nitrogens with zero attached hydrogens (tertiary/aromatic N) is 1. The minimum atomic E-state index is -0.407. The van der Waals surface area contributed by atoms with E-state index in [9.17, 15) is 9.90 Å². The lowest BCUT2D eigenvalue weighted by atomic mass is 9.89. The maximum absolute atomic E-state index is 12.9. The van der Waals surface area contributed by atoms with Crippen LogP contribution in [0.15, 0.2) is 24.3 Å². The molecule has 0 aromatic heterocycles. The molecule has 1 aromatic rings. The van der Waals surface area contributed by atoms with Crippen molar-refractivity contribution in [2.24, 2.45) is 5.92 Å². The summed E-state index contributed by atoms with van der Waals surface area (Å²) in [6.45, 7) is 4.72. The summed E-state index contributed by atoms with van der Waals surface area (Å²) in [7, 11) is 0. The summed E-state index contributed by atoms with van der Waals surface area (Å²) < 4.78 is 0. The van der Waals surface area contributed by atoms with Crippen LogP contribution < -0.4 is 5.32 Å². The first kappa shape index (κ1) is 19.2. The number of amides is 1. The van der Waals surface area contributed by atoms with Gasteiger partial charge in [0.15, 0.2) is 0 Å². The Morgan fingerprint density at radius 3 is 2.54 bits per heavy atom. The molecule has 0 spiro atoms. The van der Waals surface area contributed by atoms with Crippen LogP contribution in [0.1, 0.15) is 36.8 Å². The molecule has 1 amide bonds. The van der Waals surface area contributed by atoms with Crippen LogP contribution in [0.4, 0.5) is 0 Å². The highest BCUT2D eigenvalue weighted by molar-refractivity contribution is 5.85. The monoisotopic (exact) mass is 352 g/mol. The van der Waals surface area contributed by atoms with Crippen LogP contribution in [0, 0.1) is 12.8 Å². The smallest absolute Gasteiger partial charge is 0.226 e. The number of rotatable bonds is 3. The number of piperidine rings is 2. The lowest BCUT2D eigenvalue weighted by Gasteiger charge is -2.41. The van der Waals surface area contributed by atoms with Gasteiger partial charge in [-0.15, -0.1) is 12.4 Å². The Kier molecular flexibility index (Phi) is 7.08. The molecule has 0 aliphatic carbocycles.